The zero-order valence-electron chi connectivity index (χ0n) is 2.82. The summed E-state index contributed by atoms with van der Waals surface area (Å²) < 4.78 is 0. The molecule has 0 rings (SSSR count). The maximum atomic E-state index is 0. The Bertz CT molecular complexity index is 11.5. The van der Waals surface area contributed by atoms with Crippen LogP contribution in [-0.2, 0) is 0 Å². The van der Waals surface area contributed by atoms with Crippen molar-refractivity contribution in [1.29, 1.82) is 0 Å². The van der Waals surface area contributed by atoms with Gasteiger partial charge in [-0.15, -0.1) is 0 Å². The number of hydrogen-bond donors (Lipinski definition) is 0. The minimum Gasteiger partial charge on any atom is -1.00 e. The molecule has 0 aromatic heterocycles. The van der Waals surface area contributed by atoms with Crippen LogP contribution >= 0.6 is 0 Å². The van der Waals surface area contributed by atoms with Crippen LogP contribution in [0.15, 0.2) is 0 Å². The standard InChI is InChI=1S/2Al.2FH.Na.7H/h;;2*1H;;;;;;;;/q;;;;+1;;;;;;;-1. The van der Waals surface area contributed by atoms with Crippen LogP contribution in [0.4, 0.5) is 9.41 Å². The second-order valence-electron chi connectivity index (χ2n) is 0. The predicted octanol–water partition coefficient (Wildman–Crippen LogP) is -4.95. The van der Waals surface area contributed by atoms with Crippen molar-refractivity contribution in [3.05, 3.63) is 0 Å². The molecule has 0 N–H and O–H groups in total. The van der Waals surface area contributed by atoms with E-state index in [0.29, 0.717) is 0 Å². The molecule has 0 atom stereocenters. The van der Waals surface area contributed by atoms with Gasteiger partial charge in [0.15, 0.2) is 34.7 Å². The predicted molar refractivity (Wildman–Crippen MR) is 26.0 cm³/mol. The average molecular weight is 124 g/mol. The van der Waals surface area contributed by atoms with E-state index in [9.17, 15) is 0 Å². The third-order valence-corrected chi connectivity index (χ3v) is 0. The van der Waals surface area contributed by atoms with Gasteiger partial charge in [-0.3, -0.25) is 9.41 Å². The Labute approximate surface area is 74.5 Å². The van der Waals surface area contributed by atoms with E-state index >= 15 is 0 Å². The Hall–Kier alpha value is 1.92. The van der Waals surface area contributed by atoms with Gasteiger partial charge >= 0.3 is 29.6 Å². The molecule has 0 aliphatic carbocycles. The largest absolute Gasteiger partial charge is 1.00 e. The minimum atomic E-state index is 0. The number of rotatable bonds is 0. The van der Waals surface area contributed by atoms with E-state index in [0.717, 1.165) is 0 Å². The van der Waals surface area contributed by atoms with Crippen molar-refractivity contribution >= 4 is 34.7 Å². The van der Waals surface area contributed by atoms with Crippen LogP contribution in [0.1, 0.15) is 1.43 Å². The van der Waals surface area contributed by atoms with Gasteiger partial charge < -0.3 is 1.43 Å². The van der Waals surface area contributed by atoms with Crippen molar-refractivity contribution in [2.75, 3.05) is 0 Å². The second kappa shape index (κ2) is 38.8. The third-order valence-electron chi connectivity index (χ3n) is 0. The fourth-order valence-corrected chi connectivity index (χ4v) is 0. The molecule has 0 aliphatic rings. The quantitative estimate of drug-likeness (QED) is 0.284. The first-order valence-corrected chi connectivity index (χ1v) is 0. The molecule has 5 heavy (non-hydrogen) atoms. The molecule has 0 amide bonds. The van der Waals surface area contributed by atoms with Gasteiger partial charge in [-0.2, -0.15) is 0 Å². The van der Waals surface area contributed by atoms with Crippen LogP contribution in [0.3, 0.4) is 0 Å². The molecule has 30 valence electrons. The fraction of sp³-hybridized carbons (Fsp3) is 0. The zero-order chi connectivity index (χ0) is 0. The molecule has 0 spiro atoms. The van der Waals surface area contributed by atoms with Gasteiger partial charge in [0.2, 0.25) is 0 Å². The molecule has 0 aliphatic heterocycles. The van der Waals surface area contributed by atoms with Gasteiger partial charge in [-0.05, 0) is 0 Å². The van der Waals surface area contributed by atoms with Crippen molar-refractivity contribution in [3.8, 4) is 0 Å². The molecule has 0 bridgehead atoms. The van der Waals surface area contributed by atoms with E-state index in [1.807, 2.05) is 0 Å². The molecule has 0 unspecified atom stereocenters. The van der Waals surface area contributed by atoms with Gasteiger partial charge in [0, 0.05) is 0 Å². The van der Waals surface area contributed by atoms with Crippen LogP contribution in [0.5, 0.6) is 0 Å². The first-order chi connectivity index (χ1) is 0. The molecule has 0 nitrogen and oxygen atoms in total. The van der Waals surface area contributed by atoms with Crippen LogP contribution in [0.25, 0.3) is 0 Å². The van der Waals surface area contributed by atoms with Gasteiger partial charge in [-0.25, -0.2) is 0 Å². The summed E-state index contributed by atoms with van der Waals surface area (Å²) >= 11 is 0. The van der Waals surface area contributed by atoms with E-state index in [4.69, 9.17) is 0 Å². The molecule has 5 heteroatoms. The molecular formula is H9Al2F2Na. The first kappa shape index (κ1) is 65.6. The Morgan fingerprint density at radius 3 is 0.800 bits per heavy atom. The molecule has 0 fully saturated rings. The smallest absolute Gasteiger partial charge is 1.00 e. The normalized spacial score (nSPS) is 0. The maximum absolute atomic E-state index is 0. The number of hydrogen-bond acceptors (Lipinski definition) is 0. The molecular weight excluding hydrogens is 115 g/mol. The average Bonchev–Trinajstić information content (AvgIpc) is 0. The van der Waals surface area contributed by atoms with Gasteiger partial charge in [-0.1, -0.05) is 0 Å². The van der Waals surface area contributed by atoms with Crippen molar-refractivity contribution < 1.29 is 40.4 Å². The summed E-state index contributed by atoms with van der Waals surface area (Å²) in [5.41, 5.74) is 0. The maximum Gasteiger partial charge on any atom is 1.00 e. The Kier molecular flexibility index (Phi) is 509. The molecule has 0 radical (unpaired) electrons. The van der Waals surface area contributed by atoms with Crippen LogP contribution in [0.2, 0.25) is 0 Å². The fourth-order valence-electron chi connectivity index (χ4n) is 0. The summed E-state index contributed by atoms with van der Waals surface area (Å²) in [5.74, 6) is 0. The number of halogens is 2. The first-order valence-electron chi connectivity index (χ1n) is 0. The van der Waals surface area contributed by atoms with E-state index in [1.54, 1.807) is 0 Å². The minimum absolute atomic E-state index is 0. The summed E-state index contributed by atoms with van der Waals surface area (Å²) in [5, 5.41) is 0. The summed E-state index contributed by atoms with van der Waals surface area (Å²) in [6.07, 6.45) is 0. The summed E-state index contributed by atoms with van der Waals surface area (Å²) in [4.78, 5) is 0. The molecule has 0 saturated carbocycles. The van der Waals surface area contributed by atoms with Crippen molar-refractivity contribution in [1.82, 2.24) is 0 Å². The molecule has 0 saturated heterocycles. The van der Waals surface area contributed by atoms with Gasteiger partial charge in [0.25, 0.3) is 0 Å². The Morgan fingerprint density at radius 2 is 0.800 bits per heavy atom. The molecule has 0 heterocycles. The summed E-state index contributed by atoms with van der Waals surface area (Å²) in [7, 11) is 0. The van der Waals surface area contributed by atoms with E-state index < -0.39 is 0 Å². The van der Waals surface area contributed by atoms with Crippen molar-refractivity contribution in [2.24, 2.45) is 0 Å². The van der Waals surface area contributed by atoms with Gasteiger partial charge in [0.1, 0.15) is 0 Å². The van der Waals surface area contributed by atoms with E-state index in [-0.39, 0.29) is 75.1 Å². The molecule has 0 aromatic rings. The van der Waals surface area contributed by atoms with Crippen LogP contribution in [0, 0.1) is 0 Å². The Balaban J connectivity index is 0. The summed E-state index contributed by atoms with van der Waals surface area (Å²) in [6, 6.07) is 0. The monoisotopic (exact) mass is 124 g/mol. The molecule has 0 aromatic carbocycles. The second-order valence-corrected chi connectivity index (χ2v) is 0. The van der Waals surface area contributed by atoms with E-state index in [2.05, 4.69) is 0 Å². The zero-order valence-corrected chi connectivity index (χ0v) is 3.82. The van der Waals surface area contributed by atoms with Gasteiger partial charge in [0.05, 0.1) is 0 Å². The van der Waals surface area contributed by atoms with Crippen molar-refractivity contribution in [3.63, 3.8) is 0 Å². The topological polar surface area (TPSA) is 0 Å². The van der Waals surface area contributed by atoms with Crippen LogP contribution < -0.4 is 29.6 Å². The van der Waals surface area contributed by atoms with Crippen molar-refractivity contribution in [2.45, 2.75) is 0 Å². The summed E-state index contributed by atoms with van der Waals surface area (Å²) in [6.45, 7) is 0. The third kappa shape index (κ3) is 24.6. The van der Waals surface area contributed by atoms with E-state index in [1.165, 1.54) is 0 Å². The Morgan fingerprint density at radius 1 is 0.800 bits per heavy atom. The SMILES string of the molecule is F.F.[AlH3].[AlH3].[H-].[Na+]. The van der Waals surface area contributed by atoms with Crippen LogP contribution in [-0.4, -0.2) is 34.7 Å².